The molecule has 0 saturated carbocycles. The number of anilines is 1. The average Bonchev–Trinajstić information content (AvgIpc) is 2.63. The third-order valence-electron chi connectivity index (χ3n) is 5.05. The third kappa shape index (κ3) is 3.19. The summed E-state index contributed by atoms with van der Waals surface area (Å²) < 4.78 is 28.0. The molecule has 2 N–H and O–H groups in total. The number of piperidine rings is 1. The van der Waals surface area contributed by atoms with Gasteiger partial charge in [-0.3, -0.25) is 4.90 Å². The molecule has 0 atom stereocenters. The van der Waals surface area contributed by atoms with E-state index >= 15 is 0 Å². The van der Waals surface area contributed by atoms with Crippen molar-refractivity contribution in [3.05, 3.63) is 59.7 Å². The predicted octanol–water partition coefficient (Wildman–Crippen LogP) is 2.25. The first-order chi connectivity index (χ1) is 12.5. The Morgan fingerprint density at radius 3 is 2.65 bits per heavy atom. The summed E-state index contributed by atoms with van der Waals surface area (Å²) in [5.41, 5.74) is 1.80. The molecule has 1 fully saturated rings. The van der Waals surface area contributed by atoms with Crippen molar-refractivity contribution in [1.29, 1.82) is 5.26 Å². The van der Waals surface area contributed by atoms with Gasteiger partial charge in [-0.15, -0.1) is 0 Å². The largest absolute Gasteiger partial charge is 0.365 e. The first-order valence-electron chi connectivity index (χ1n) is 8.62. The van der Waals surface area contributed by atoms with Gasteiger partial charge in [-0.25, -0.2) is 8.42 Å². The molecule has 4 rings (SSSR count). The molecular weight excluding hydrogens is 348 g/mol. The summed E-state index contributed by atoms with van der Waals surface area (Å²) in [7, 11) is -3.50. The predicted molar refractivity (Wildman–Crippen MR) is 98.8 cm³/mol. The SMILES string of the molecule is N#Cc1cccc(CN2CCC3(CC2)Nc2ccccc2S(=O)(=O)N3)c1. The highest BCUT2D eigenvalue weighted by Crippen LogP contribution is 2.34. The maximum atomic E-state index is 12.6. The molecular formula is C19H20N4O2S. The van der Waals surface area contributed by atoms with Crippen LogP contribution in [0.5, 0.6) is 0 Å². The summed E-state index contributed by atoms with van der Waals surface area (Å²) in [6.07, 6.45) is 1.36. The van der Waals surface area contributed by atoms with Crippen LogP contribution in [0.25, 0.3) is 0 Å². The number of nitrogens with one attached hydrogen (secondary N) is 2. The van der Waals surface area contributed by atoms with Gasteiger partial charge in [0.15, 0.2) is 0 Å². The first-order valence-corrected chi connectivity index (χ1v) is 10.1. The van der Waals surface area contributed by atoms with E-state index in [0.717, 1.165) is 25.2 Å². The Morgan fingerprint density at radius 2 is 1.88 bits per heavy atom. The number of rotatable bonds is 2. The molecule has 0 radical (unpaired) electrons. The van der Waals surface area contributed by atoms with Crippen LogP contribution in [0.1, 0.15) is 24.0 Å². The van der Waals surface area contributed by atoms with Crippen LogP contribution < -0.4 is 10.0 Å². The fourth-order valence-electron chi connectivity index (χ4n) is 3.72. The lowest BCUT2D eigenvalue weighted by atomic mass is 9.96. The molecule has 26 heavy (non-hydrogen) atoms. The number of nitrogens with zero attached hydrogens (tertiary/aromatic N) is 2. The molecule has 2 aliphatic heterocycles. The Morgan fingerprint density at radius 1 is 1.12 bits per heavy atom. The lowest BCUT2D eigenvalue weighted by molar-refractivity contribution is 0.159. The second-order valence-electron chi connectivity index (χ2n) is 6.90. The van der Waals surface area contributed by atoms with Crippen LogP contribution in [0.2, 0.25) is 0 Å². The Hall–Kier alpha value is -2.40. The van der Waals surface area contributed by atoms with Crippen LogP contribution >= 0.6 is 0 Å². The molecule has 0 aromatic heterocycles. The lowest BCUT2D eigenvalue weighted by Gasteiger charge is -2.45. The van der Waals surface area contributed by atoms with Crippen LogP contribution in [0.4, 0.5) is 5.69 Å². The third-order valence-corrected chi connectivity index (χ3v) is 6.65. The highest BCUT2D eigenvalue weighted by atomic mass is 32.2. The average molecular weight is 368 g/mol. The van der Waals surface area contributed by atoms with Gasteiger partial charge in [-0.05, 0) is 42.7 Å². The van der Waals surface area contributed by atoms with E-state index in [0.29, 0.717) is 29.0 Å². The molecule has 1 spiro atoms. The van der Waals surface area contributed by atoms with Crippen molar-refractivity contribution >= 4 is 15.7 Å². The van der Waals surface area contributed by atoms with Crippen molar-refractivity contribution in [3.8, 4) is 6.07 Å². The van der Waals surface area contributed by atoms with Crippen LogP contribution in [-0.2, 0) is 16.6 Å². The quantitative estimate of drug-likeness (QED) is 0.849. The number of para-hydroxylation sites is 1. The van der Waals surface area contributed by atoms with Crippen LogP contribution in [0.3, 0.4) is 0 Å². The van der Waals surface area contributed by atoms with Gasteiger partial charge in [-0.2, -0.15) is 9.98 Å². The van der Waals surface area contributed by atoms with E-state index in [1.807, 2.05) is 30.3 Å². The van der Waals surface area contributed by atoms with Crippen molar-refractivity contribution < 1.29 is 8.42 Å². The molecule has 2 heterocycles. The summed E-state index contributed by atoms with van der Waals surface area (Å²) in [6, 6.07) is 16.8. The van der Waals surface area contributed by atoms with Gasteiger partial charge in [0, 0.05) is 19.6 Å². The van der Waals surface area contributed by atoms with E-state index in [1.54, 1.807) is 18.2 Å². The fraction of sp³-hybridized carbons (Fsp3) is 0.316. The van der Waals surface area contributed by atoms with E-state index in [9.17, 15) is 8.42 Å². The van der Waals surface area contributed by atoms with Crippen molar-refractivity contribution in [3.63, 3.8) is 0 Å². The second-order valence-corrected chi connectivity index (χ2v) is 8.55. The topological polar surface area (TPSA) is 85.2 Å². The van der Waals surface area contributed by atoms with E-state index in [2.05, 4.69) is 21.0 Å². The summed E-state index contributed by atoms with van der Waals surface area (Å²) in [4.78, 5) is 2.60. The monoisotopic (exact) mass is 368 g/mol. The first kappa shape index (κ1) is 17.0. The smallest absolute Gasteiger partial charge is 0.244 e. The van der Waals surface area contributed by atoms with Gasteiger partial charge in [0.1, 0.15) is 10.6 Å². The van der Waals surface area contributed by atoms with E-state index in [1.165, 1.54) is 0 Å². The second kappa shape index (κ2) is 6.40. The number of likely N-dealkylation sites (tertiary alicyclic amines) is 1. The summed E-state index contributed by atoms with van der Waals surface area (Å²) >= 11 is 0. The van der Waals surface area contributed by atoms with Crippen LogP contribution in [0.15, 0.2) is 53.4 Å². The molecule has 134 valence electrons. The Bertz CT molecular complexity index is 973. The van der Waals surface area contributed by atoms with Gasteiger partial charge < -0.3 is 5.32 Å². The number of nitriles is 1. The zero-order valence-electron chi connectivity index (χ0n) is 14.3. The van der Waals surface area contributed by atoms with Gasteiger partial charge in [-0.1, -0.05) is 24.3 Å². The summed E-state index contributed by atoms with van der Waals surface area (Å²) in [5, 5.41) is 12.4. The molecule has 2 aromatic rings. The molecule has 1 saturated heterocycles. The number of sulfonamides is 1. The summed E-state index contributed by atoms with van der Waals surface area (Å²) in [6.45, 7) is 2.30. The highest BCUT2D eigenvalue weighted by molar-refractivity contribution is 7.89. The molecule has 0 amide bonds. The molecule has 0 aliphatic carbocycles. The highest BCUT2D eigenvalue weighted by Gasteiger charge is 2.42. The minimum Gasteiger partial charge on any atom is -0.365 e. The van der Waals surface area contributed by atoms with Crippen molar-refractivity contribution in [1.82, 2.24) is 9.62 Å². The standard InChI is InChI=1S/C19H20N4O2S/c20-13-15-4-3-5-16(12-15)14-23-10-8-19(9-11-23)21-17-6-1-2-7-18(17)26(24,25)22-19/h1-7,12,21-22H,8-11,14H2. The molecule has 6 nitrogen and oxygen atoms in total. The normalized spacial score (nSPS) is 20.7. The number of hydrogen-bond acceptors (Lipinski definition) is 5. The Labute approximate surface area is 153 Å². The Kier molecular flexibility index (Phi) is 4.19. The maximum absolute atomic E-state index is 12.6. The molecule has 7 heteroatoms. The fourth-order valence-corrected chi connectivity index (χ4v) is 5.26. The number of benzene rings is 2. The summed E-state index contributed by atoms with van der Waals surface area (Å²) in [5.74, 6) is 0. The lowest BCUT2D eigenvalue weighted by Crippen LogP contribution is -2.61. The zero-order chi connectivity index (χ0) is 18.2. The van der Waals surface area contributed by atoms with E-state index < -0.39 is 15.7 Å². The van der Waals surface area contributed by atoms with Crippen molar-refractivity contribution in [2.45, 2.75) is 29.9 Å². The van der Waals surface area contributed by atoms with Crippen molar-refractivity contribution in [2.24, 2.45) is 0 Å². The number of hydrogen-bond donors (Lipinski definition) is 2. The molecule has 0 unspecified atom stereocenters. The van der Waals surface area contributed by atoms with Gasteiger partial charge in [0.2, 0.25) is 10.0 Å². The van der Waals surface area contributed by atoms with Crippen molar-refractivity contribution in [2.75, 3.05) is 18.4 Å². The minimum atomic E-state index is -3.50. The van der Waals surface area contributed by atoms with Crippen LogP contribution in [0, 0.1) is 11.3 Å². The molecule has 0 bridgehead atoms. The Balaban J connectivity index is 1.48. The molecule has 2 aromatic carbocycles. The van der Waals surface area contributed by atoms with Crippen LogP contribution in [-0.4, -0.2) is 32.1 Å². The maximum Gasteiger partial charge on any atom is 0.244 e. The molecule has 2 aliphatic rings. The van der Waals surface area contributed by atoms with Gasteiger partial charge in [0.05, 0.1) is 17.3 Å². The zero-order valence-corrected chi connectivity index (χ0v) is 15.1. The van der Waals surface area contributed by atoms with Gasteiger partial charge in [0.25, 0.3) is 0 Å². The minimum absolute atomic E-state index is 0.307. The number of fused-ring (bicyclic) bond motifs is 1. The van der Waals surface area contributed by atoms with E-state index in [-0.39, 0.29) is 0 Å². The van der Waals surface area contributed by atoms with E-state index in [4.69, 9.17) is 5.26 Å². The van der Waals surface area contributed by atoms with Gasteiger partial charge >= 0.3 is 0 Å².